The standard InChI is InChI=1S/C13H23NS/c1-12-6-3-2-5-11(12)14-8-4-7-13(14,9-12)10-15/h11,15H,2-10H2,1H3. The molecule has 0 aromatic rings. The molecule has 3 aliphatic rings. The molecule has 3 fully saturated rings. The lowest BCUT2D eigenvalue weighted by atomic mass is 9.70. The predicted molar refractivity (Wildman–Crippen MR) is 67.5 cm³/mol. The molecule has 2 saturated heterocycles. The molecule has 2 heterocycles. The minimum atomic E-state index is 0.493. The van der Waals surface area contributed by atoms with Crippen LogP contribution >= 0.6 is 12.6 Å². The van der Waals surface area contributed by atoms with E-state index >= 15 is 0 Å². The fourth-order valence-electron chi connectivity index (χ4n) is 4.73. The molecule has 3 unspecified atom stereocenters. The number of hydrogen-bond acceptors (Lipinski definition) is 2. The molecule has 1 saturated carbocycles. The summed E-state index contributed by atoms with van der Waals surface area (Å²) in [6.07, 6.45) is 10.1. The molecule has 1 aliphatic carbocycles. The van der Waals surface area contributed by atoms with Gasteiger partial charge in [-0.2, -0.15) is 12.6 Å². The van der Waals surface area contributed by atoms with E-state index in [4.69, 9.17) is 0 Å². The van der Waals surface area contributed by atoms with Crippen molar-refractivity contribution in [2.45, 2.75) is 63.5 Å². The fourth-order valence-corrected chi connectivity index (χ4v) is 5.18. The molecule has 2 heteroatoms. The Labute approximate surface area is 99.0 Å². The molecular formula is C13H23NS. The minimum absolute atomic E-state index is 0.493. The van der Waals surface area contributed by atoms with Crippen LogP contribution in [0.25, 0.3) is 0 Å². The van der Waals surface area contributed by atoms with Gasteiger partial charge in [0.15, 0.2) is 0 Å². The highest BCUT2D eigenvalue weighted by molar-refractivity contribution is 7.80. The second-order valence-corrected chi connectivity index (χ2v) is 6.59. The lowest BCUT2D eigenvalue weighted by Crippen LogP contribution is -2.45. The van der Waals surface area contributed by atoms with Gasteiger partial charge in [-0.1, -0.05) is 19.8 Å². The van der Waals surface area contributed by atoms with Crippen LogP contribution < -0.4 is 0 Å². The summed E-state index contributed by atoms with van der Waals surface area (Å²) in [6, 6.07) is 0.890. The van der Waals surface area contributed by atoms with E-state index in [1.807, 2.05) is 0 Å². The molecular weight excluding hydrogens is 202 g/mol. The maximum absolute atomic E-state index is 4.66. The summed E-state index contributed by atoms with van der Waals surface area (Å²) < 4.78 is 0. The summed E-state index contributed by atoms with van der Waals surface area (Å²) in [5.41, 5.74) is 1.12. The van der Waals surface area contributed by atoms with Gasteiger partial charge in [0.1, 0.15) is 0 Å². The van der Waals surface area contributed by atoms with Crippen LogP contribution in [-0.4, -0.2) is 28.8 Å². The van der Waals surface area contributed by atoms with Crippen LogP contribution in [0.1, 0.15) is 51.9 Å². The lowest BCUT2D eigenvalue weighted by Gasteiger charge is -2.39. The first-order valence-electron chi connectivity index (χ1n) is 6.58. The zero-order chi connectivity index (χ0) is 10.5. The smallest absolute Gasteiger partial charge is 0.0306 e. The van der Waals surface area contributed by atoms with Crippen molar-refractivity contribution < 1.29 is 0 Å². The minimum Gasteiger partial charge on any atom is -0.293 e. The van der Waals surface area contributed by atoms with Crippen molar-refractivity contribution in [3.63, 3.8) is 0 Å². The van der Waals surface area contributed by atoms with Crippen LogP contribution in [0.3, 0.4) is 0 Å². The number of thiol groups is 1. The normalized spacial score (nSPS) is 50.4. The lowest BCUT2D eigenvalue weighted by molar-refractivity contribution is 0.105. The van der Waals surface area contributed by atoms with Crippen molar-refractivity contribution >= 4 is 12.6 Å². The van der Waals surface area contributed by atoms with E-state index in [9.17, 15) is 0 Å². The van der Waals surface area contributed by atoms with Crippen molar-refractivity contribution in [2.75, 3.05) is 12.3 Å². The molecule has 0 spiro atoms. The first kappa shape index (κ1) is 10.5. The van der Waals surface area contributed by atoms with Gasteiger partial charge >= 0.3 is 0 Å². The maximum Gasteiger partial charge on any atom is 0.0306 e. The molecule has 0 aromatic carbocycles. The zero-order valence-corrected chi connectivity index (χ0v) is 10.7. The third-order valence-corrected chi connectivity index (χ3v) is 5.92. The van der Waals surface area contributed by atoms with E-state index in [-0.39, 0.29) is 0 Å². The molecule has 0 aromatic heterocycles. The molecule has 2 aliphatic heterocycles. The van der Waals surface area contributed by atoms with E-state index < -0.39 is 0 Å². The third kappa shape index (κ3) is 1.33. The molecule has 3 atom stereocenters. The predicted octanol–water partition coefficient (Wildman–Crippen LogP) is 3.10. The fraction of sp³-hybridized carbons (Fsp3) is 1.00. The topological polar surface area (TPSA) is 3.24 Å². The quantitative estimate of drug-likeness (QED) is 0.671. The Morgan fingerprint density at radius 3 is 2.93 bits per heavy atom. The van der Waals surface area contributed by atoms with Gasteiger partial charge in [0, 0.05) is 17.3 Å². The van der Waals surface area contributed by atoms with Crippen molar-refractivity contribution in [3.05, 3.63) is 0 Å². The van der Waals surface area contributed by atoms with Gasteiger partial charge in [-0.25, -0.2) is 0 Å². The van der Waals surface area contributed by atoms with E-state index in [0.717, 1.165) is 11.8 Å². The van der Waals surface area contributed by atoms with E-state index in [0.29, 0.717) is 11.0 Å². The summed E-state index contributed by atoms with van der Waals surface area (Å²) in [5.74, 6) is 1.08. The van der Waals surface area contributed by atoms with Crippen LogP contribution in [-0.2, 0) is 0 Å². The SMILES string of the molecule is CC12CCCCC1N1CCCC1(CS)C2. The molecule has 3 rings (SSSR count). The Bertz CT molecular complexity index is 267. The van der Waals surface area contributed by atoms with Crippen molar-refractivity contribution in [1.82, 2.24) is 4.90 Å². The number of hydrogen-bond donors (Lipinski definition) is 1. The summed E-state index contributed by atoms with van der Waals surface area (Å²) in [5, 5.41) is 0. The average Bonchev–Trinajstić information content (AvgIpc) is 2.71. The maximum atomic E-state index is 4.66. The number of rotatable bonds is 1. The largest absolute Gasteiger partial charge is 0.293 e. The summed E-state index contributed by atoms with van der Waals surface area (Å²) >= 11 is 4.66. The van der Waals surface area contributed by atoms with Crippen molar-refractivity contribution in [1.29, 1.82) is 0 Å². The summed E-state index contributed by atoms with van der Waals surface area (Å²) in [7, 11) is 0. The van der Waals surface area contributed by atoms with Gasteiger partial charge in [0.2, 0.25) is 0 Å². The third-order valence-electron chi connectivity index (χ3n) is 5.33. The molecule has 0 N–H and O–H groups in total. The van der Waals surface area contributed by atoms with Crippen LogP contribution in [0.4, 0.5) is 0 Å². The monoisotopic (exact) mass is 225 g/mol. The number of fused-ring (bicyclic) bond motifs is 3. The Hall–Kier alpha value is 0.310. The van der Waals surface area contributed by atoms with Gasteiger partial charge in [-0.15, -0.1) is 0 Å². The molecule has 0 amide bonds. The Balaban J connectivity index is 1.93. The number of nitrogens with zero attached hydrogens (tertiary/aromatic N) is 1. The van der Waals surface area contributed by atoms with Crippen LogP contribution in [0, 0.1) is 5.41 Å². The summed E-state index contributed by atoms with van der Waals surface area (Å²) in [4.78, 5) is 2.85. The van der Waals surface area contributed by atoms with Crippen LogP contribution in [0.2, 0.25) is 0 Å². The van der Waals surface area contributed by atoms with E-state index in [2.05, 4.69) is 24.5 Å². The van der Waals surface area contributed by atoms with Crippen LogP contribution in [0.5, 0.6) is 0 Å². The second-order valence-electron chi connectivity index (χ2n) is 6.27. The first-order valence-corrected chi connectivity index (χ1v) is 7.21. The molecule has 1 nitrogen and oxygen atoms in total. The summed E-state index contributed by atoms with van der Waals surface area (Å²) in [6.45, 7) is 3.89. The highest BCUT2D eigenvalue weighted by Gasteiger charge is 2.58. The van der Waals surface area contributed by atoms with Gasteiger partial charge in [-0.3, -0.25) is 4.90 Å². The highest BCUT2D eigenvalue weighted by atomic mass is 32.1. The van der Waals surface area contributed by atoms with E-state index in [1.165, 1.54) is 51.5 Å². The van der Waals surface area contributed by atoms with Crippen molar-refractivity contribution in [2.24, 2.45) is 5.41 Å². The van der Waals surface area contributed by atoms with E-state index in [1.54, 1.807) is 0 Å². The van der Waals surface area contributed by atoms with Crippen LogP contribution in [0.15, 0.2) is 0 Å². The van der Waals surface area contributed by atoms with Gasteiger partial charge in [0.05, 0.1) is 0 Å². The Kier molecular flexibility index (Phi) is 2.37. The molecule has 0 radical (unpaired) electrons. The zero-order valence-electron chi connectivity index (χ0n) is 9.84. The van der Waals surface area contributed by atoms with Gasteiger partial charge < -0.3 is 0 Å². The molecule has 86 valence electrons. The van der Waals surface area contributed by atoms with Gasteiger partial charge in [0.25, 0.3) is 0 Å². The van der Waals surface area contributed by atoms with Gasteiger partial charge in [-0.05, 0) is 44.1 Å². The van der Waals surface area contributed by atoms with Crippen molar-refractivity contribution in [3.8, 4) is 0 Å². The Morgan fingerprint density at radius 1 is 1.27 bits per heavy atom. The highest BCUT2D eigenvalue weighted by Crippen LogP contribution is 2.57. The average molecular weight is 225 g/mol. The second kappa shape index (κ2) is 3.40. The first-order chi connectivity index (χ1) is 7.20. The molecule has 0 bridgehead atoms. The molecule has 15 heavy (non-hydrogen) atoms. The Morgan fingerprint density at radius 2 is 2.13 bits per heavy atom.